The van der Waals surface area contributed by atoms with E-state index < -0.39 is 10.0 Å². The van der Waals surface area contributed by atoms with Crippen molar-refractivity contribution < 1.29 is 8.42 Å². The fourth-order valence-electron chi connectivity index (χ4n) is 1.56. The van der Waals surface area contributed by atoms with Crippen molar-refractivity contribution in [2.24, 2.45) is 5.41 Å². The molecule has 1 heterocycles. The van der Waals surface area contributed by atoms with Gasteiger partial charge in [-0.05, 0) is 33.8 Å². The highest BCUT2D eigenvalue weighted by Crippen LogP contribution is 2.24. The predicted molar refractivity (Wildman–Crippen MR) is 83.9 cm³/mol. The van der Waals surface area contributed by atoms with Gasteiger partial charge in [0.1, 0.15) is 4.90 Å². The van der Waals surface area contributed by atoms with Gasteiger partial charge in [-0.15, -0.1) is 0 Å². The quantitative estimate of drug-likeness (QED) is 0.753. The minimum Gasteiger partial charge on any atom is -0.262 e. The molecular weight excluding hydrogens is 396 g/mol. The summed E-state index contributed by atoms with van der Waals surface area (Å²) in [5, 5.41) is 0. The standard InChI is InChI=1S/C12H18Br2N2O2S/c1-12(2,3)5-10(14)7-16-19(17,18)11-4-9(13)6-15-8-11/h4,6,8,10,16H,5,7H2,1-3H3. The largest absolute Gasteiger partial charge is 0.262 e. The number of aromatic nitrogens is 1. The van der Waals surface area contributed by atoms with E-state index in [1.165, 1.54) is 12.3 Å². The lowest BCUT2D eigenvalue weighted by molar-refractivity contribution is 0.373. The summed E-state index contributed by atoms with van der Waals surface area (Å²) >= 11 is 6.71. The SMILES string of the molecule is CC(C)(C)CC(Br)CNS(=O)(=O)c1cncc(Br)c1. The van der Waals surface area contributed by atoms with E-state index in [0.717, 1.165) is 6.42 Å². The summed E-state index contributed by atoms with van der Waals surface area (Å²) in [6, 6.07) is 1.53. The van der Waals surface area contributed by atoms with Gasteiger partial charge in [0.25, 0.3) is 0 Å². The van der Waals surface area contributed by atoms with Gasteiger partial charge in [-0.25, -0.2) is 13.1 Å². The van der Waals surface area contributed by atoms with Gasteiger partial charge < -0.3 is 0 Å². The van der Waals surface area contributed by atoms with Gasteiger partial charge in [0.05, 0.1) is 0 Å². The molecule has 108 valence electrons. The Hall–Kier alpha value is 0.0200. The maximum absolute atomic E-state index is 12.1. The molecule has 1 atom stereocenters. The Balaban J connectivity index is 2.66. The third-order valence-electron chi connectivity index (χ3n) is 2.32. The molecule has 1 unspecified atom stereocenters. The Morgan fingerprint density at radius 3 is 2.53 bits per heavy atom. The zero-order chi connectivity index (χ0) is 14.7. The minimum absolute atomic E-state index is 0.0994. The van der Waals surface area contributed by atoms with Crippen molar-refractivity contribution in [3.8, 4) is 0 Å². The Kier molecular flexibility index (Phi) is 5.97. The van der Waals surface area contributed by atoms with Crippen molar-refractivity contribution in [3.05, 3.63) is 22.9 Å². The molecule has 7 heteroatoms. The number of hydrogen-bond donors (Lipinski definition) is 1. The van der Waals surface area contributed by atoms with E-state index >= 15 is 0 Å². The van der Waals surface area contributed by atoms with E-state index in [9.17, 15) is 8.42 Å². The first-order valence-corrected chi connectivity index (χ1v) is 9.04. The molecule has 4 nitrogen and oxygen atoms in total. The molecule has 1 N–H and O–H groups in total. The second kappa shape index (κ2) is 6.65. The number of halogens is 2. The number of nitrogens with one attached hydrogen (secondary N) is 1. The third-order valence-corrected chi connectivity index (χ3v) is 4.79. The summed E-state index contributed by atoms with van der Waals surface area (Å²) in [6.45, 7) is 6.71. The number of alkyl halides is 1. The monoisotopic (exact) mass is 412 g/mol. The highest BCUT2D eigenvalue weighted by molar-refractivity contribution is 9.10. The lowest BCUT2D eigenvalue weighted by Crippen LogP contribution is -2.31. The van der Waals surface area contributed by atoms with Gasteiger partial charge >= 0.3 is 0 Å². The van der Waals surface area contributed by atoms with E-state index in [-0.39, 0.29) is 15.1 Å². The van der Waals surface area contributed by atoms with Gasteiger partial charge in [-0.2, -0.15) is 0 Å². The summed E-state index contributed by atoms with van der Waals surface area (Å²) < 4.78 is 27.4. The molecule has 0 saturated heterocycles. The van der Waals surface area contributed by atoms with Crippen LogP contribution in [0.25, 0.3) is 0 Å². The lowest BCUT2D eigenvalue weighted by atomic mass is 9.91. The second-order valence-corrected chi connectivity index (χ2v) is 9.53. The topological polar surface area (TPSA) is 59.1 Å². The number of rotatable bonds is 5. The summed E-state index contributed by atoms with van der Waals surface area (Å²) in [5.74, 6) is 0. The fraction of sp³-hybridized carbons (Fsp3) is 0.583. The molecule has 0 aliphatic carbocycles. The van der Waals surface area contributed by atoms with Crippen molar-refractivity contribution in [1.82, 2.24) is 9.71 Å². The second-order valence-electron chi connectivity index (χ2n) is 5.55. The molecule has 0 radical (unpaired) electrons. The Morgan fingerprint density at radius 1 is 1.37 bits per heavy atom. The van der Waals surface area contributed by atoms with Gasteiger partial charge in [0.15, 0.2) is 0 Å². The first-order valence-electron chi connectivity index (χ1n) is 5.84. The van der Waals surface area contributed by atoms with Crippen LogP contribution in [0.1, 0.15) is 27.2 Å². The van der Waals surface area contributed by atoms with Gasteiger partial charge in [-0.3, -0.25) is 4.98 Å². The first-order chi connectivity index (χ1) is 8.60. The van der Waals surface area contributed by atoms with Crippen molar-refractivity contribution in [1.29, 1.82) is 0 Å². The van der Waals surface area contributed by atoms with E-state index in [0.29, 0.717) is 11.0 Å². The van der Waals surface area contributed by atoms with Crippen LogP contribution in [0.15, 0.2) is 27.8 Å². The average molecular weight is 414 g/mol. The van der Waals surface area contributed by atoms with Crippen molar-refractivity contribution >= 4 is 41.9 Å². The molecule has 0 bridgehead atoms. The highest BCUT2D eigenvalue weighted by atomic mass is 79.9. The van der Waals surface area contributed by atoms with Crippen LogP contribution >= 0.6 is 31.9 Å². The zero-order valence-electron chi connectivity index (χ0n) is 11.2. The lowest BCUT2D eigenvalue weighted by Gasteiger charge is -2.22. The molecule has 0 aliphatic heterocycles. The fourth-order valence-corrected chi connectivity index (χ4v) is 4.49. The van der Waals surface area contributed by atoms with Crippen LogP contribution in [0.5, 0.6) is 0 Å². The Bertz CT molecular complexity index is 527. The molecule has 0 aromatic carbocycles. The van der Waals surface area contributed by atoms with Crippen LogP contribution in [-0.4, -0.2) is 24.8 Å². The first kappa shape index (κ1) is 17.1. The van der Waals surface area contributed by atoms with Gasteiger partial charge in [0, 0.05) is 28.2 Å². The summed E-state index contributed by atoms with van der Waals surface area (Å²) in [7, 11) is -3.51. The molecule has 19 heavy (non-hydrogen) atoms. The van der Waals surface area contributed by atoms with Crippen LogP contribution in [0.3, 0.4) is 0 Å². The molecule has 0 fully saturated rings. The van der Waals surface area contributed by atoms with Gasteiger partial charge in [0.2, 0.25) is 10.0 Å². The summed E-state index contributed by atoms with van der Waals surface area (Å²) in [5.41, 5.74) is 0.150. The van der Waals surface area contributed by atoms with E-state index in [1.807, 2.05) is 0 Å². The van der Waals surface area contributed by atoms with Crippen molar-refractivity contribution in [2.45, 2.75) is 36.9 Å². The maximum atomic E-state index is 12.1. The van der Waals surface area contributed by atoms with Crippen LogP contribution in [0.4, 0.5) is 0 Å². The molecule has 0 amide bonds. The number of pyridine rings is 1. The van der Waals surface area contributed by atoms with Crippen LogP contribution in [0, 0.1) is 5.41 Å². The maximum Gasteiger partial charge on any atom is 0.242 e. The highest BCUT2D eigenvalue weighted by Gasteiger charge is 2.20. The Morgan fingerprint density at radius 2 is 2.00 bits per heavy atom. The summed E-state index contributed by atoms with van der Waals surface area (Å²) in [4.78, 5) is 4.12. The van der Waals surface area contributed by atoms with E-state index in [2.05, 4.69) is 62.3 Å². The minimum atomic E-state index is -3.51. The molecule has 1 rings (SSSR count). The molecule has 0 saturated carbocycles. The average Bonchev–Trinajstić information content (AvgIpc) is 2.24. The number of sulfonamides is 1. The normalized spacial score (nSPS) is 14.4. The van der Waals surface area contributed by atoms with Gasteiger partial charge in [-0.1, -0.05) is 36.7 Å². The zero-order valence-corrected chi connectivity index (χ0v) is 15.1. The third kappa shape index (κ3) is 6.33. The number of hydrogen-bond acceptors (Lipinski definition) is 3. The number of nitrogens with zero attached hydrogens (tertiary/aromatic N) is 1. The molecule has 0 aliphatic rings. The summed E-state index contributed by atoms with van der Waals surface area (Å²) in [6.07, 6.45) is 3.76. The molecular formula is C12H18Br2N2O2S. The van der Waals surface area contributed by atoms with E-state index in [4.69, 9.17) is 0 Å². The van der Waals surface area contributed by atoms with Crippen molar-refractivity contribution in [2.75, 3.05) is 6.54 Å². The van der Waals surface area contributed by atoms with Crippen LogP contribution < -0.4 is 4.72 Å². The molecule has 1 aromatic heterocycles. The predicted octanol–water partition coefficient (Wildman–Crippen LogP) is 3.32. The smallest absolute Gasteiger partial charge is 0.242 e. The molecule has 1 aromatic rings. The van der Waals surface area contributed by atoms with E-state index in [1.54, 1.807) is 6.20 Å². The Labute approximate surface area is 131 Å². The van der Waals surface area contributed by atoms with Crippen molar-refractivity contribution in [3.63, 3.8) is 0 Å². The van der Waals surface area contributed by atoms with Crippen LogP contribution in [-0.2, 0) is 10.0 Å². The molecule has 0 spiro atoms. The van der Waals surface area contributed by atoms with Crippen LogP contribution in [0.2, 0.25) is 0 Å².